The molecule has 0 aliphatic carbocycles. The minimum absolute atomic E-state index is 0.0204. The number of esters is 1. The van der Waals surface area contributed by atoms with Crippen LogP contribution < -0.4 is 21.3 Å². The van der Waals surface area contributed by atoms with Gasteiger partial charge >= 0.3 is 5.97 Å². The SMILES string of the molecule is CN(C)C(=NCCCNC(=O)CCOCC(COCCC(=O)NCCCN=C(N(C)C)N(C)C)(COCCC(=O)NCCCN=C(N(C)C)N(C)C)NC(=O)CCCC(=O)OCc1ccccc1)N(C)C. The minimum atomic E-state index is -1.30. The van der Waals surface area contributed by atoms with Gasteiger partial charge in [-0.2, -0.15) is 0 Å². The first-order valence-corrected chi connectivity index (χ1v) is 24.5. The van der Waals surface area contributed by atoms with Gasteiger partial charge in [0.1, 0.15) is 12.1 Å². The van der Waals surface area contributed by atoms with Crippen LogP contribution in [0.5, 0.6) is 0 Å². The van der Waals surface area contributed by atoms with Crippen molar-refractivity contribution in [1.82, 2.24) is 50.7 Å². The fourth-order valence-corrected chi connectivity index (χ4v) is 6.86. The summed E-state index contributed by atoms with van der Waals surface area (Å²) in [4.78, 5) is 89.9. The lowest BCUT2D eigenvalue weighted by Crippen LogP contribution is -2.58. The van der Waals surface area contributed by atoms with Crippen molar-refractivity contribution in [1.29, 1.82) is 0 Å². The Kier molecular flexibility index (Phi) is 33.1. The number of benzene rings is 1. The molecule has 0 spiro atoms. The molecule has 1 aromatic carbocycles. The molecular formula is C49H89N13O9. The third-order valence-corrected chi connectivity index (χ3v) is 10.1. The average Bonchev–Trinajstić information content (AvgIpc) is 3.30. The van der Waals surface area contributed by atoms with Crippen LogP contribution in [0.25, 0.3) is 0 Å². The maximum Gasteiger partial charge on any atom is 0.306 e. The van der Waals surface area contributed by atoms with Gasteiger partial charge in [0, 0.05) is 156 Å². The molecule has 1 aromatic rings. The molecule has 404 valence electrons. The molecule has 0 heterocycles. The predicted octanol–water partition coefficient (Wildman–Crippen LogP) is 0.932. The highest BCUT2D eigenvalue weighted by Crippen LogP contribution is 2.13. The van der Waals surface area contributed by atoms with Gasteiger partial charge in [-0.3, -0.25) is 38.9 Å². The van der Waals surface area contributed by atoms with E-state index in [4.69, 9.17) is 18.9 Å². The smallest absolute Gasteiger partial charge is 0.306 e. The minimum Gasteiger partial charge on any atom is -0.461 e. The van der Waals surface area contributed by atoms with E-state index in [1.165, 1.54) is 0 Å². The summed E-state index contributed by atoms with van der Waals surface area (Å²) in [5, 5.41) is 11.7. The highest BCUT2D eigenvalue weighted by molar-refractivity contribution is 5.81. The van der Waals surface area contributed by atoms with Gasteiger partial charge in [0.15, 0.2) is 17.9 Å². The molecule has 0 fully saturated rings. The van der Waals surface area contributed by atoms with Crippen LogP contribution in [0.1, 0.15) is 63.4 Å². The first kappa shape index (κ1) is 63.3. The zero-order valence-electron chi connectivity index (χ0n) is 45.1. The zero-order chi connectivity index (χ0) is 53.0. The molecule has 0 radical (unpaired) electrons. The molecule has 0 saturated heterocycles. The molecule has 0 bridgehead atoms. The van der Waals surface area contributed by atoms with Crippen molar-refractivity contribution >= 4 is 47.5 Å². The summed E-state index contributed by atoms with van der Waals surface area (Å²) in [7, 11) is 23.1. The molecule has 22 heteroatoms. The van der Waals surface area contributed by atoms with Gasteiger partial charge in [0.2, 0.25) is 23.6 Å². The second-order valence-corrected chi connectivity index (χ2v) is 18.3. The molecule has 0 saturated carbocycles. The number of nitrogens with zero attached hydrogens (tertiary/aromatic N) is 9. The molecule has 4 N–H and O–H groups in total. The Morgan fingerprint density at radius 2 is 0.817 bits per heavy atom. The molecule has 1 rings (SSSR count). The van der Waals surface area contributed by atoms with E-state index in [9.17, 15) is 24.0 Å². The normalized spacial score (nSPS) is 10.8. The number of amides is 4. The Hall–Kier alpha value is -5.74. The van der Waals surface area contributed by atoms with E-state index in [2.05, 4.69) is 36.2 Å². The van der Waals surface area contributed by atoms with Gasteiger partial charge in [-0.1, -0.05) is 30.3 Å². The van der Waals surface area contributed by atoms with Crippen molar-refractivity contribution in [3.05, 3.63) is 35.9 Å². The Balaban J connectivity index is 3.06. The van der Waals surface area contributed by atoms with Crippen LogP contribution in [0, 0.1) is 0 Å². The van der Waals surface area contributed by atoms with Crippen LogP contribution in [0.2, 0.25) is 0 Å². The number of nitrogens with one attached hydrogen (secondary N) is 4. The Morgan fingerprint density at radius 1 is 0.465 bits per heavy atom. The fourth-order valence-electron chi connectivity index (χ4n) is 6.86. The standard InChI is InChI=1S/C49H89N13O9/c1-57(2)46(58(3)4)53-30-17-27-50-41(63)24-33-68-37-49(56-44(66)22-16-23-45(67)71-36-40-20-14-13-15-21-40,38-69-34-25-42(64)51-28-18-31-54-47(59(5)6)60(7)8)39-70-35-26-43(65)52-29-19-32-55-48(61(9)10)62(11)12/h13-15,20-21H,16-19,22-39H2,1-12H3,(H,50,63)(H,51,64)(H,52,65)(H,56,66). The monoisotopic (exact) mass is 1000 g/mol. The van der Waals surface area contributed by atoms with Crippen LogP contribution in [-0.4, -0.2) is 246 Å². The van der Waals surface area contributed by atoms with Gasteiger partial charge in [-0.15, -0.1) is 0 Å². The van der Waals surface area contributed by atoms with E-state index in [0.29, 0.717) is 58.5 Å². The van der Waals surface area contributed by atoms with Gasteiger partial charge in [-0.05, 0) is 31.2 Å². The van der Waals surface area contributed by atoms with Gasteiger partial charge in [0.25, 0.3) is 0 Å². The van der Waals surface area contributed by atoms with Crippen molar-refractivity contribution < 1.29 is 42.9 Å². The average molecular weight is 1000 g/mol. The largest absolute Gasteiger partial charge is 0.461 e. The summed E-state index contributed by atoms with van der Waals surface area (Å²) in [6.07, 6.45) is 2.30. The number of guanidine groups is 3. The van der Waals surface area contributed by atoms with Gasteiger partial charge < -0.3 is 69.6 Å². The Bertz CT molecular complexity index is 1600. The molecule has 0 atom stereocenters. The van der Waals surface area contributed by atoms with Crippen LogP contribution in [0.15, 0.2) is 45.3 Å². The first-order valence-electron chi connectivity index (χ1n) is 24.5. The number of carbonyl (C=O) groups is 5. The van der Waals surface area contributed by atoms with Crippen molar-refractivity contribution in [2.45, 2.75) is 69.9 Å². The quantitative estimate of drug-likeness (QED) is 0.0326. The van der Waals surface area contributed by atoms with Gasteiger partial charge in [0.05, 0.1) is 39.6 Å². The second kappa shape index (κ2) is 37.1. The molecule has 0 aliphatic rings. The summed E-state index contributed by atoms with van der Waals surface area (Å²) >= 11 is 0. The van der Waals surface area contributed by atoms with E-state index < -0.39 is 17.4 Å². The third-order valence-electron chi connectivity index (χ3n) is 10.1. The van der Waals surface area contributed by atoms with Gasteiger partial charge in [-0.25, -0.2) is 0 Å². The molecular weight excluding hydrogens is 915 g/mol. The summed E-state index contributed by atoms with van der Waals surface area (Å²) in [6, 6.07) is 9.32. The molecule has 0 aromatic heterocycles. The second-order valence-electron chi connectivity index (χ2n) is 18.3. The number of rotatable bonds is 34. The summed E-state index contributed by atoms with van der Waals surface area (Å²) < 4.78 is 23.6. The Morgan fingerprint density at radius 3 is 1.15 bits per heavy atom. The molecule has 22 nitrogen and oxygen atoms in total. The van der Waals surface area contributed by atoms with Crippen molar-refractivity contribution in [3.63, 3.8) is 0 Å². The van der Waals surface area contributed by atoms with E-state index >= 15 is 0 Å². The summed E-state index contributed by atoms with van der Waals surface area (Å²) in [6.45, 7) is 2.74. The number of hydrogen-bond acceptors (Lipinski definition) is 12. The lowest BCUT2D eigenvalue weighted by molar-refractivity contribution is -0.145. The molecule has 71 heavy (non-hydrogen) atoms. The van der Waals surface area contributed by atoms with Crippen molar-refractivity contribution in [3.8, 4) is 0 Å². The number of carbonyl (C=O) groups excluding carboxylic acids is 5. The number of hydrogen-bond donors (Lipinski definition) is 4. The van der Waals surface area contributed by atoms with Crippen LogP contribution in [-0.2, 0) is 49.5 Å². The maximum absolute atomic E-state index is 13.6. The highest BCUT2D eigenvalue weighted by atomic mass is 16.5. The van der Waals surface area contributed by atoms with Crippen molar-refractivity contribution in [2.75, 3.05) is 163 Å². The van der Waals surface area contributed by atoms with E-state index in [1.807, 2.05) is 144 Å². The lowest BCUT2D eigenvalue weighted by atomic mass is 10.0. The van der Waals surface area contributed by atoms with Crippen LogP contribution in [0.3, 0.4) is 0 Å². The first-order chi connectivity index (χ1) is 33.8. The topological polar surface area (TPSA) is 227 Å². The highest BCUT2D eigenvalue weighted by Gasteiger charge is 2.34. The molecule has 0 aliphatic heterocycles. The van der Waals surface area contributed by atoms with Crippen molar-refractivity contribution in [2.24, 2.45) is 15.0 Å². The third kappa shape index (κ3) is 30.6. The zero-order valence-corrected chi connectivity index (χ0v) is 45.1. The van der Waals surface area contributed by atoms with E-state index in [1.54, 1.807) is 0 Å². The number of ether oxygens (including phenoxy) is 4. The Labute approximate surface area is 424 Å². The lowest BCUT2D eigenvalue weighted by Gasteiger charge is -2.34. The summed E-state index contributed by atoms with van der Waals surface area (Å²) in [5.41, 5.74) is -0.445. The van der Waals surface area contributed by atoms with E-state index in [-0.39, 0.29) is 102 Å². The molecule has 0 unspecified atom stereocenters. The van der Waals surface area contributed by atoms with Crippen LogP contribution in [0.4, 0.5) is 0 Å². The maximum atomic E-state index is 13.6. The number of aliphatic imine (C=N–C) groups is 3. The van der Waals surface area contributed by atoms with E-state index in [0.717, 1.165) is 23.4 Å². The summed E-state index contributed by atoms with van der Waals surface area (Å²) in [5.74, 6) is 1.02. The molecule has 4 amide bonds. The van der Waals surface area contributed by atoms with Crippen LogP contribution >= 0.6 is 0 Å². The fraction of sp³-hybridized carbons (Fsp3) is 0.714. The predicted molar refractivity (Wildman–Crippen MR) is 279 cm³/mol.